The number of nitrogens with one attached hydrogen (secondary N) is 1. The summed E-state index contributed by atoms with van der Waals surface area (Å²) >= 11 is 0. The monoisotopic (exact) mass is 324 g/mol. The SMILES string of the molecule is CC(O)c1onc(-c2cccnc2)c1C(=O)NCc1ccncc1. The van der Waals surface area contributed by atoms with Crippen molar-refractivity contribution < 1.29 is 14.4 Å². The van der Waals surface area contributed by atoms with E-state index in [1.165, 1.54) is 6.92 Å². The van der Waals surface area contributed by atoms with Gasteiger partial charge in [0.25, 0.3) is 5.91 Å². The minimum Gasteiger partial charge on any atom is -0.385 e. The van der Waals surface area contributed by atoms with Gasteiger partial charge in [0, 0.05) is 36.9 Å². The van der Waals surface area contributed by atoms with Crippen molar-refractivity contribution in [3.05, 3.63) is 65.9 Å². The number of nitrogens with zero attached hydrogens (tertiary/aromatic N) is 3. The molecule has 0 radical (unpaired) electrons. The van der Waals surface area contributed by atoms with Gasteiger partial charge < -0.3 is 14.9 Å². The second-order valence-corrected chi connectivity index (χ2v) is 5.23. The predicted octanol–water partition coefficient (Wildman–Crippen LogP) is 2.11. The van der Waals surface area contributed by atoms with Gasteiger partial charge in [0.2, 0.25) is 0 Å². The van der Waals surface area contributed by atoms with Gasteiger partial charge in [-0.05, 0) is 36.8 Å². The van der Waals surface area contributed by atoms with E-state index in [0.717, 1.165) is 5.56 Å². The lowest BCUT2D eigenvalue weighted by Gasteiger charge is -2.08. The first-order valence-corrected chi connectivity index (χ1v) is 7.42. The molecule has 0 aliphatic heterocycles. The first-order chi connectivity index (χ1) is 11.7. The summed E-state index contributed by atoms with van der Waals surface area (Å²) in [6.45, 7) is 1.85. The van der Waals surface area contributed by atoms with Crippen molar-refractivity contribution >= 4 is 5.91 Å². The number of amides is 1. The topological polar surface area (TPSA) is 101 Å². The van der Waals surface area contributed by atoms with Crippen LogP contribution in [0.3, 0.4) is 0 Å². The number of aromatic nitrogens is 3. The molecule has 7 nitrogen and oxygen atoms in total. The molecule has 2 N–H and O–H groups in total. The molecule has 0 fully saturated rings. The summed E-state index contributed by atoms with van der Waals surface area (Å²) in [6.07, 6.45) is 5.57. The van der Waals surface area contributed by atoms with Gasteiger partial charge in [0.05, 0.1) is 0 Å². The molecule has 7 heteroatoms. The molecule has 0 saturated heterocycles. The van der Waals surface area contributed by atoms with E-state index in [0.29, 0.717) is 17.8 Å². The first-order valence-electron chi connectivity index (χ1n) is 7.42. The molecule has 0 bridgehead atoms. The molecule has 1 unspecified atom stereocenters. The summed E-state index contributed by atoms with van der Waals surface area (Å²) in [7, 11) is 0. The Morgan fingerprint density at radius 3 is 2.71 bits per heavy atom. The largest absolute Gasteiger partial charge is 0.385 e. The Hall–Kier alpha value is -3.06. The molecule has 1 atom stereocenters. The Morgan fingerprint density at radius 2 is 2.04 bits per heavy atom. The summed E-state index contributed by atoms with van der Waals surface area (Å²) in [5.74, 6) is -0.246. The molecule has 3 aromatic heterocycles. The Labute approximate surface area is 138 Å². The summed E-state index contributed by atoms with van der Waals surface area (Å²) < 4.78 is 5.19. The zero-order chi connectivity index (χ0) is 16.9. The molecule has 3 heterocycles. The third kappa shape index (κ3) is 3.31. The highest BCUT2D eigenvalue weighted by Gasteiger charge is 2.26. The lowest BCUT2D eigenvalue weighted by Crippen LogP contribution is -2.24. The van der Waals surface area contributed by atoms with Gasteiger partial charge in [-0.2, -0.15) is 0 Å². The first kappa shape index (κ1) is 15.8. The van der Waals surface area contributed by atoms with Crippen LogP contribution in [0.2, 0.25) is 0 Å². The highest BCUT2D eigenvalue weighted by atomic mass is 16.5. The quantitative estimate of drug-likeness (QED) is 0.745. The van der Waals surface area contributed by atoms with Gasteiger partial charge in [0.1, 0.15) is 17.4 Å². The van der Waals surface area contributed by atoms with Crippen LogP contribution in [0.4, 0.5) is 0 Å². The molecular weight excluding hydrogens is 308 g/mol. The molecule has 24 heavy (non-hydrogen) atoms. The fraction of sp³-hybridized carbons (Fsp3) is 0.176. The minimum atomic E-state index is -0.954. The van der Waals surface area contributed by atoms with E-state index in [1.54, 1.807) is 36.9 Å². The predicted molar refractivity (Wildman–Crippen MR) is 85.8 cm³/mol. The molecular formula is C17H16N4O3. The van der Waals surface area contributed by atoms with Crippen LogP contribution >= 0.6 is 0 Å². The maximum absolute atomic E-state index is 12.6. The third-order valence-electron chi connectivity index (χ3n) is 3.46. The van der Waals surface area contributed by atoms with Crippen LogP contribution in [0.5, 0.6) is 0 Å². The van der Waals surface area contributed by atoms with Crippen LogP contribution in [0.1, 0.15) is 34.7 Å². The number of pyridine rings is 2. The molecule has 122 valence electrons. The molecule has 0 aliphatic rings. The Balaban J connectivity index is 1.90. The van der Waals surface area contributed by atoms with Crippen molar-refractivity contribution in [1.82, 2.24) is 20.4 Å². The summed E-state index contributed by atoms with van der Waals surface area (Å²) in [5, 5.41) is 16.6. The van der Waals surface area contributed by atoms with E-state index >= 15 is 0 Å². The maximum atomic E-state index is 12.6. The average molecular weight is 324 g/mol. The number of rotatable bonds is 5. The third-order valence-corrected chi connectivity index (χ3v) is 3.46. The van der Waals surface area contributed by atoms with Gasteiger partial charge in [-0.3, -0.25) is 14.8 Å². The van der Waals surface area contributed by atoms with Crippen LogP contribution in [-0.2, 0) is 6.54 Å². The molecule has 1 amide bonds. The molecule has 0 spiro atoms. The van der Waals surface area contributed by atoms with Crippen molar-refractivity contribution in [2.75, 3.05) is 0 Å². The highest BCUT2D eigenvalue weighted by Crippen LogP contribution is 2.28. The number of aliphatic hydroxyl groups excluding tert-OH is 1. The molecule has 0 saturated carbocycles. The van der Waals surface area contributed by atoms with Crippen molar-refractivity contribution in [3.63, 3.8) is 0 Å². The van der Waals surface area contributed by atoms with Gasteiger partial charge in [-0.1, -0.05) is 5.16 Å². The fourth-order valence-electron chi connectivity index (χ4n) is 2.28. The van der Waals surface area contributed by atoms with E-state index in [9.17, 15) is 9.90 Å². The number of hydrogen-bond donors (Lipinski definition) is 2. The van der Waals surface area contributed by atoms with Gasteiger partial charge in [-0.15, -0.1) is 0 Å². The lowest BCUT2D eigenvalue weighted by molar-refractivity contribution is 0.0938. The van der Waals surface area contributed by atoms with E-state index in [-0.39, 0.29) is 17.2 Å². The van der Waals surface area contributed by atoms with Crippen LogP contribution in [-0.4, -0.2) is 26.1 Å². The van der Waals surface area contributed by atoms with Gasteiger partial charge in [-0.25, -0.2) is 0 Å². The zero-order valence-corrected chi connectivity index (χ0v) is 13.0. The van der Waals surface area contributed by atoms with Crippen molar-refractivity contribution in [2.45, 2.75) is 19.6 Å². The zero-order valence-electron chi connectivity index (χ0n) is 13.0. The Kier molecular flexibility index (Phi) is 4.62. The summed E-state index contributed by atoms with van der Waals surface area (Å²) in [4.78, 5) is 20.6. The van der Waals surface area contributed by atoms with E-state index in [1.807, 2.05) is 12.1 Å². The summed E-state index contributed by atoms with van der Waals surface area (Å²) in [5.41, 5.74) is 2.12. The van der Waals surface area contributed by atoms with Crippen LogP contribution in [0, 0.1) is 0 Å². The Morgan fingerprint density at radius 1 is 1.25 bits per heavy atom. The fourth-order valence-corrected chi connectivity index (χ4v) is 2.28. The van der Waals surface area contributed by atoms with E-state index < -0.39 is 6.10 Å². The number of carbonyl (C=O) groups is 1. The second-order valence-electron chi connectivity index (χ2n) is 5.23. The molecule has 3 aromatic rings. The van der Waals surface area contributed by atoms with Gasteiger partial charge in [0.15, 0.2) is 5.76 Å². The molecule has 0 aromatic carbocycles. The number of hydrogen-bond acceptors (Lipinski definition) is 6. The summed E-state index contributed by atoms with van der Waals surface area (Å²) in [6, 6.07) is 7.14. The van der Waals surface area contributed by atoms with Gasteiger partial charge >= 0.3 is 0 Å². The standard InChI is InChI=1S/C17H16N4O3/c1-11(22)16-14(15(21-24-16)13-3-2-6-19-10-13)17(23)20-9-12-4-7-18-8-5-12/h2-8,10-11,22H,9H2,1H3,(H,20,23). The molecule has 0 aliphatic carbocycles. The highest BCUT2D eigenvalue weighted by molar-refractivity contribution is 6.00. The van der Waals surface area contributed by atoms with Crippen molar-refractivity contribution in [2.24, 2.45) is 0 Å². The van der Waals surface area contributed by atoms with Crippen molar-refractivity contribution in [1.29, 1.82) is 0 Å². The van der Waals surface area contributed by atoms with Crippen LogP contribution in [0.15, 0.2) is 53.6 Å². The normalized spacial score (nSPS) is 11.9. The minimum absolute atomic E-state index is 0.126. The van der Waals surface area contributed by atoms with Crippen LogP contribution in [0.25, 0.3) is 11.3 Å². The average Bonchev–Trinajstić information content (AvgIpc) is 3.07. The van der Waals surface area contributed by atoms with Crippen LogP contribution < -0.4 is 5.32 Å². The smallest absolute Gasteiger partial charge is 0.257 e. The van der Waals surface area contributed by atoms with E-state index in [2.05, 4.69) is 20.4 Å². The Bertz CT molecular complexity index is 816. The lowest BCUT2D eigenvalue weighted by atomic mass is 10.0. The number of carbonyl (C=O) groups excluding carboxylic acids is 1. The maximum Gasteiger partial charge on any atom is 0.257 e. The van der Waals surface area contributed by atoms with Crippen molar-refractivity contribution in [3.8, 4) is 11.3 Å². The molecule has 3 rings (SSSR count). The second kappa shape index (κ2) is 7.01. The number of aliphatic hydroxyl groups is 1. The van der Waals surface area contributed by atoms with E-state index in [4.69, 9.17) is 4.52 Å².